The van der Waals surface area contributed by atoms with Crippen LogP contribution >= 0.6 is 0 Å². The van der Waals surface area contributed by atoms with Crippen LogP contribution in [0.5, 0.6) is 0 Å². The Labute approximate surface area is 66.5 Å². The van der Waals surface area contributed by atoms with Gasteiger partial charge in [-0.2, -0.15) is 0 Å². The second-order valence-corrected chi connectivity index (χ2v) is 2.24. The first-order valence-electron chi connectivity index (χ1n) is 3.38. The molecule has 1 aromatic carbocycles. The van der Waals surface area contributed by atoms with Crippen molar-refractivity contribution in [2.45, 2.75) is 6.92 Å². The lowest BCUT2D eigenvalue weighted by Crippen LogP contribution is -1.82. The Balaban J connectivity index is 2.79. The standard InChI is InChI=1S/C9H10NO/c1-8-4-3-5-9(6-8)7-10-11-2/h3-4,6-7H,1-2H3/b10-7+. The van der Waals surface area contributed by atoms with E-state index >= 15 is 0 Å². The van der Waals surface area contributed by atoms with Gasteiger partial charge in [0.15, 0.2) is 0 Å². The highest BCUT2D eigenvalue weighted by Crippen LogP contribution is 1.99. The molecular formula is C9H10NO. The summed E-state index contributed by atoms with van der Waals surface area (Å²) in [6.07, 6.45) is 1.63. The Bertz CT molecular complexity index is 255. The second kappa shape index (κ2) is 3.76. The lowest BCUT2D eigenvalue weighted by atomic mass is 10.2. The van der Waals surface area contributed by atoms with Crippen LogP contribution in [0.3, 0.4) is 0 Å². The van der Waals surface area contributed by atoms with Crippen LogP contribution in [0.4, 0.5) is 0 Å². The molecule has 0 N–H and O–H groups in total. The smallest absolute Gasteiger partial charge is 0.106 e. The fourth-order valence-electron chi connectivity index (χ4n) is 0.788. The molecular weight excluding hydrogens is 138 g/mol. The van der Waals surface area contributed by atoms with Gasteiger partial charge < -0.3 is 4.84 Å². The topological polar surface area (TPSA) is 21.6 Å². The van der Waals surface area contributed by atoms with E-state index in [-0.39, 0.29) is 0 Å². The van der Waals surface area contributed by atoms with Crippen LogP contribution in [-0.4, -0.2) is 13.3 Å². The third-order valence-corrected chi connectivity index (χ3v) is 1.28. The molecule has 11 heavy (non-hydrogen) atoms. The van der Waals surface area contributed by atoms with Crippen LogP contribution in [0.2, 0.25) is 0 Å². The normalized spacial score (nSPS) is 10.4. The molecule has 0 aliphatic carbocycles. The molecule has 2 heteroatoms. The molecule has 0 aromatic heterocycles. The average Bonchev–Trinajstić information content (AvgIpc) is 2.01. The van der Waals surface area contributed by atoms with E-state index in [0.717, 1.165) is 5.56 Å². The maximum atomic E-state index is 4.54. The quantitative estimate of drug-likeness (QED) is 0.462. The van der Waals surface area contributed by atoms with Gasteiger partial charge in [0.05, 0.1) is 6.21 Å². The highest BCUT2D eigenvalue weighted by Gasteiger charge is 1.87. The van der Waals surface area contributed by atoms with Gasteiger partial charge in [0.1, 0.15) is 7.11 Å². The molecule has 0 aliphatic rings. The minimum absolute atomic E-state index is 0.937. The fraction of sp³-hybridized carbons (Fsp3) is 0.222. The van der Waals surface area contributed by atoms with Gasteiger partial charge in [-0.25, -0.2) is 0 Å². The molecule has 0 spiro atoms. The van der Waals surface area contributed by atoms with Crippen LogP contribution in [0.1, 0.15) is 11.1 Å². The highest BCUT2D eigenvalue weighted by molar-refractivity contribution is 5.78. The lowest BCUT2D eigenvalue weighted by molar-refractivity contribution is 0.215. The molecule has 0 fully saturated rings. The number of benzene rings is 1. The summed E-state index contributed by atoms with van der Waals surface area (Å²) in [6, 6.07) is 8.86. The van der Waals surface area contributed by atoms with E-state index in [9.17, 15) is 0 Å². The molecule has 1 rings (SSSR count). The zero-order valence-corrected chi connectivity index (χ0v) is 6.66. The fourth-order valence-corrected chi connectivity index (χ4v) is 0.788. The molecule has 2 nitrogen and oxygen atoms in total. The third-order valence-electron chi connectivity index (χ3n) is 1.28. The molecule has 0 amide bonds. The van der Waals surface area contributed by atoms with E-state index in [1.165, 1.54) is 12.7 Å². The number of hydrogen-bond acceptors (Lipinski definition) is 2. The summed E-state index contributed by atoms with van der Waals surface area (Å²) < 4.78 is 0. The lowest BCUT2D eigenvalue weighted by Gasteiger charge is -1.92. The van der Waals surface area contributed by atoms with Gasteiger partial charge in [-0.3, -0.25) is 0 Å². The van der Waals surface area contributed by atoms with Crippen molar-refractivity contribution in [1.29, 1.82) is 0 Å². The van der Waals surface area contributed by atoms with Gasteiger partial charge in [0.25, 0.3) is 0 Å². The Morgan fingerprint density at radius 1 is 1.64 bits per heavy atom. The molecule has 0 heterocycles. The molecule has 0 atom stereocenters. The van der Waals surface area contributed by atoms with Crippen LogP contribution in [0.25, 0.3) is 0 Å². The zero-order chi connectivity index (χ0) is 8.10. The van der Waals surface area contributed by atoms with Crippen LogP contribution in [-0.2, 0) is 4.84 Å². The van der Waals surface area contributed by atoms with E-state index in [1.54, 1.807) is 6.21 Å². The van der Waals surface area contributed by atoms with Crippen molar-refractivity contribution in [3.63, 3.8) is 0 Å². The zero-order valence-electron chi connectivity index (χ0n) is 6.66. The first-order chi connectivity index (χ1) is 5.33. The van der Waals surface area contributed by atoms with E-state index < -0.39 is 0 Å². The number of oxime groups is 1. The Morgan fingerprint density at radius 3 is 3.09 bits per heavy atom. The van der Waals surface area contributed by atoms with Crippen molar-refractivity contribution >= 4 is 6.21 Å². The molecule has 0 bridgehead atoms. The van der Waals surface area contributed by atoms with Crippen molar-refractivity contribution in [2.24, 2.45) is 5.16 Å². The number of hydrogen-bond donors (Lipinski definition) is 0. The summed E-state index contributed by atoms with van der Waals surface area (Å²) in [5.74, 6) is 0. The summed E-state index contributed by atoms with van der Waals surface area (Å²) >= 11 is 0. The van der Waals surface area contributed by atoms with Crippen LogP contribution in [0, 0.1) is 13.0 Å². The van der Waals surface area contributed by atoms with Crippen molar-refractivity contribution in [3.8, 4) is 0 Å². The molecule has 0 unspecified atom stereocenters. The average molecular weight is 148 g/mol. The summed E-state index contributed by atoms with van der Waals surface area (Å²) in [7, 11) is 1.52. The SMILES string of the molecule is CO/N=C/c1[c]ccc(C)c1. The van der Waals surface area contributed by atoms with E-state index in [0.29, 0.717) is 0 Å². The number of aryl methyl sites for hydroxylation is 1. The third kappa shape index (κ3) is 2.42. The molecule has 1 radical (unpaired) electrons. The van der Waals surface area contributed by atoms with E-state index in [1.807, 2.05) is 25.1 Å². The molecule has 57 valence electrons. The van der Waals surface area contributed by atoms with Crippen molar-refractivity contribution in [2.75, 3.05) is 7.11 Å². The first kappa shape index (κ1) is 7.79. The summed E-state index contributed by atoms with van der Waals surface area (Å²) in [5, 5.41) is 3.63. The summed E-state index contributed by atoms with van der Waals surface area (Å²) in [6.45, 7) is 2.03. The minimum Gasteiger partial charge on any atom is -0.399 e. The van der Waals surface area contributed by atoms with Gasteiger partial charge in [0, 0.05) is 5.56 Å². The summed E-state index contributed by atoms with van der Waals surface area (Å²) in [4.78, 5) is 4.54. The number of rotatable bonds is 2. The molecule has 0 saturated carbocycles. The van der Waals surface area contributed by atoms with Crippen molar-refractivity contribution in [1.82, 2.24) is 0 Å². The number of nitrogens with zero attached hydrogens (tertiary/aromatic N) is 1. The van der Waals surface area contributed by atoms with Crippen molar-refractivity contribution < 1.29 is 4.84 Å². The first-order valence-corrected chi connectivity index (χ1v) is 3.38. The minimum atomic E-state index is 0.937. The van der Waals surface area contributed by atoms with Gasteiger partial charge >= 0.3 is 0 Å². The van der Waals surface area contributed by atoms with E-state index in [4.69, 9.17) is 0 Å². The largest absolute Gasteiger partial charge is 0.399 e. The molecule has 0 aliphatic heterocycles. The van der Waals surface area contributed by atoms with Crippen LogP contribution < -0.4 is 0 Å². The maximum absolute atomic E-state index is 4.54. The highest BCUT2D eigenvalue weighted by atomic mass is 16.6. The Hall–Kier alpha value is -1.31. The van der Waals surface area contributed by atoms with Gasteiger partial charge in [-0.05, 0) is 19.1 Å². The van der Waals surface area contributed by atoms with E-state index in [2.05, 4.69) is 16.1 Å². The predicted molar refractivity (Wildman–Crippen MR) is 44.6 cm³/mol. The molecule has 0 saturated heterocycles. The Kier molecular flexibility index (Phi) is 2.66. The maximum Gasteiger partial charge on any atom is 0.106 e. The molecule has 1 aromatic rings. The van der Waals surface area contributed by atoms with Gasteiger partial charge in [-0.1, -0.05) is 22.9 Å². The van der Waals surface area contributed by atoms with Gasteiger partial charge in [-0.15, -0.1) is 0 Å². The Morgan fingerprint density at radius 2 is 2.45 bits per heavy atom. The summed E-state index contributed by atoms with van der Waals surface area (Å²) in [5.41, 5.74) is 2.13. The van der Waals surface area contributed by atoms with Crippen LogP contribution in [0.15, 0.2) is 23.4 Å². The second-order valence-electron chi connectivity index (χ2n) is 2.24. The van der Waals surface area contributed by atoms with Crippen molar-refractivity contribution in [3.05, 3.63) is 35.4 Å². The van der Waals surface area contributed by atoms with Gasteiger partial charge in [0.2, 0.25) is 0 Å². The predicted octanol–water partition coefficient (Wildman–Crippen LogP) is 1.78. The monoisotopic (exact) mass is 148 g/mol.